The molecule has 0 fully saturated rings. The maximum atomic E-state index is 13.0. The van der Waals surface area contributed by atoms with Crippen molar-refractivity contribution in [1.29, 1.82) is 0 Å². The summed E-state index contributed by atoms with van der Waals surface area (Å²) in [5, 5.41) is 2.77. The molecule has 2 aromatic carbocycles. The first-order valence-corrected chi connectivity index (χ1v) is 12.6. The average Bonchev–Trinajstić information content (AvgIpc) is 2.79. The number of nitrogens with one attached hydrogen (secondary N) is 1. The lowest BCUT2D eigenvalue weighted by atomic mass is 10.0. The fourth-order valence-electron chi connectivity index (χ4n) is 3.19. The molecule has 0 radical (unpaired) electrons. The third-order valence-corrected chi connectivity index (χ3v) is 6.85. The third-order valence-electron chi connectivity index (χ3n) is 4.66. The molecule has 0 aliphatic rings. The van der Waals surface area contributed by atoms with E-state index < -0.39 is 19.5 Å². The van der Waals surface area contributed by atoms with Gasteiger partial charge in [-0.05, 0) is 31.4 Å². The molecule has 2 aromatic rings. The Morgan fingerprint density at radius 2 is 1.47 bits per heavy atom. The topological polar surface area (TPSA) is 90.9 Å². The van der Waals surface area contributed by atoms with Gasteiger partial charge in [-0.3, -0.25) is 14.2 Å². The summed E-state index contributed by atoms with van der Waals surface area (Å²) in [6.07, 6.45) is 0.397. The zero-order valence-corrected chi connectivity index (χ0v) is 19.6. The number of carbonyl (C=O) groups excluding carboxylic acids is 2. The van der Waals surface area contributed by atoms with Gasteiger partial charge in [-0.25, -0.2) is 0 Å². The third kappa shape index (κ3) is 9.35. The number of hydrogen-bond acceptors (Lipinski definition) is 6. The van der Waals surface area contributed by atoms with Crippen LogP contribution < -0.4 is 5.32 Å². The summed E-state index contributed by atoms with van der Waals surface area (Å²) in [4.78, 5) is 24.9. The molecule has 1 amide bonds. The molecule has 0 bridgehead atoms. The van der Waals surface area contributed by atoms with Crippen molar-refractivity contribution < 1.29 is 27.9 Å². The molecule has 0 saturated carbocycles. The van der Waals surface area contributed by atoms with Crippen LogP contribution in [0.1, 0.15) is 31.4 Å². The first-order valence-electron chi connectivity index (χ1n) is 10.8. The second-order valence-corrected chi connectivity index (χ2v) is 9.31. The highest BCUT2D eigenvalue weighted by molar-refractivity contribution is 7.53. The Labute approximate surface area is 190 Å². The van der Waals surface area contributed by atoms with Crippen molar-refractivity contribution in [3.8, 4) is 0 Å². The molecular weight excluding hydrogens is 429 g/mol. The SMILES string of the molecule is CCOP(=O)(C[C@@H](Cc1ccccc1)C(=O)NCCC(=O)OCc1ccccc1)OCC. The quantitative estimate of drug-likeness (QED) is 0.332. The molecule has 0 unspecified atom stereocenters. The molecule has 174 valence electrons. The van der Waals surface area contributed by atoms with E-state index in [1.165, 1.54) is 0 Å². The minimum absolute atomic E-state index is 0.0339. The second-order valence-electron chi connectivity index (χ2n) is 7.20. The van der Waals surface area contributed by atoms with E-state index in [-0.39, 0.29) is 44.9 Å². The average molecular weight is 461 g/mol. The molecule has 1 N–H and O–H groups in total. The van der Waals surface area contributed by atoms with Crippen molar-refractivity contribution in [2.24, 2.45) is 5.92 Å². The van der Waals surface area contributed by atoms with Crippen LogP contribution in [0.3, 0.4) is 0 Å². The number of rotatable bonds is 14. The van der Waals surface area contributed by atoms with Crippen molar-refractivity contribution >= 4 is 19.5 Å². The van der Waals surface area contributed by atoms with Gasteiger partial charge in [0.1, 0.15) is 6.61 Å². The summed E-state index contributed by atoms with van der Waals surface area (Å²) in [6.45, 7) is 4.24. The molecule has 0 saturated heterocycles. The minimum Gasteiger partial charge on any atom is -0.461 e. The first-order chi connectivity index (χ1) is 15.5. The number of carbonyl (C=O) groups is 2. The van der Waals surface area contributed by atoms with Gasteiger partial charge in [-0.1, -0.05) is 60.7 Å². The van der Waals surface area contributed by atoms with Gasteiger partial charge in [0.25, 0.3) is 0 Å². The molecule has 0 aliphatic heterocycles. The molecule has 32 heavy (non-hydrogen) atoms. The number of hydrogen-bond donors (Lipinski definition) is 1. The standard InChI is InChI=1S/C24H32NO6P/c1-3-30-32(28,31-4-2)19-22(17-20-11-7-5-8-12-20)24(27)25-16-15-23(26)29-18-21-13-9-6-10-14-21/h5-14,22H,3-4,15-19H2,1-2H3,(H,25,27)/t22-/m1/s1. The van der Waals surface area contributed by atoms with Gasteiger partial charge in [0.2, 0.25) is 5.91 Å². The Morgan fingerprint density at radius 1 is 0.906 bits per heavy atom. The minimum atomic E-state index is -3.41. The lowest BCUT2D eigenvalue weighted by molar-refractivity contribution is -0.144. The lowest BCUT2D eigenvalue weighted by Gasteiger charge is -2.23. The van der Waals surface area contributed by atoms with E-state index in [4.69, 9.17) is 13.8 Å². The highest BCUT2D eigenvalue weighted by Gasteiger charge is 2.32. The van der Waals surface area contributed by atoms with E-state index in [1.807, 2.05) is 60.7 Å². The molecular formula is C24H32NO6P. The van der Waals surface area contributed by atoms with E-state index in [2.05, 4.69) is 5.32 Å². The number of ether oxygens (including phenoxy) is 1. The van der Waals surface area contributed by atoms with Crippen LogP contribution in [0.25, 0.3) is 0 Å². The van der Waals surface area contributed by atoms with Gasteiger partial charge in [0.15, 0.2) is 0 Å². The van der Waals surface area contributed by atoms with Crippen LogP contribution in [-0.2, 0) is 41.0 Å². The highest BCUT2D eigenvalue weighted by atomic mass is 31.2. The Bertz CT molecular complexity index is 865. The maximum absolute atomic E-state index is 13.0. The predicted molar refractivity (Wildman–Crippen MR) is 123 cm³/mol. The Kier molecular flexibility index (Phi) is 11.2. The van der Waals surface area contributed by atoms with E-state index in [0.29, 0.717) is 6.42 Å². The summed E-state index contributed by atoms with van der Waals surface area (Å²) in [5.41, 5.74) is 1.84. The predicted octanol–water partition coefficient (Wildman–Crippen LogP) is 4.36. The summed E-state index contributed by atoms with van der Waals surface area (Å²) >= 11 is 0. The van der Waals surface area contributed by atoms with Crippen LogP contribution in [-0.4, -0.2) is 37.8 Å². The summed E-state index contributed by atoms with van der Waals surface area (Å²) < 4.78 is 29.0. The second kappa shape index (κ2) is 13.8. The zero-order valence-electron chi connectivity index (χ0n) is 18.7. The summed E-state index contributed by atoms with van der Waals surface area (Å²) in [5.74, 6) is -1.32. The van der Waals surface area contributed by atoms with E-state index in [1.54, 1.807) is 13.8 Å². The Morgan fingerprint density at radius 3 is 2.03 bits per heavy atom. The van der Waals surface area contributed by atoms with Crippen LogP contribution in [0.5, 0.6) is 0 Å². The smallest absolute Gasteiger partial charge is 0.331 e. The molecule has 1 atom stereocenters. The number of benzene rings is 2. The fraction of sp³-hybridized carbons (Fsp3) is 0.417. The summed E-state index contributed by atoms with van der Waals surface area (Å²) in [7, 11) is -3.41. The van der Waals surface area contributed by atoms with Crippen molar-refractivity contribution in [1.82, 2.24) is 5.32 Å². The molecule has 0 aromatic heterocycles. The summed E-state index contributed by atoms with van der Waals surface area (Å²) in [6, 6.07) is 18.9. The maximum Gasteiger partial charge on any atom is 0.331 e. The number of esters is 1. The van der Waals surface area contributed by atoms with E-state index >= 15 is 0 Å². The van der Waals surface area contributed by atoms with Gasteiger partial charge in [0.05, 0.1) is 31.7 Å². The van der Waals surface area contributed by atoms with Crippen molar-refractivity contribution in [2.45, 2.75) is 33.3 Å². The molecule has 2 rings (SSSR count). The molecule has 0 aliphatic carbocycles. The van der Waals surface area contributed by atoms with E-state index in [0.717, 1.165) is 11.1 Å². The molecule has 0 heterocycles. The molecule has 0 spiro atoms. The lowest BCUT2D eigenvalue weighted by Crippen LogP contribution is -2.35. The van der Waals surface area contributed by atoms with Crippen molar-refractivity contribution in [3.63, 3.8) is 0 Å². The first kappa shape index (κ1) is 25.8. The zero-order chi connectivity index (χ0) is 23.2. The largest absolute Gasteiger partial charge is 0.461 e. The van der Waals surface area contributed by atoms with Gasteiger partial charge < -0.3 is 19.1 Å². The van der Waals surface area contributed by atoms with Crippen LogP contribution >= 0.6 is 7.60 Å². The molecule has 7 nitrogen and oxygen atoms in total. The van der Waals surface area contributed by atoms with Crippen LogP contribution in [0.15, 0.2) is 60.7 Å². The van der Waals surface area contributed by atoms with Gasteiger partial charge in [-0.2, -0.15) is 0 Å². The van der Waals surface area contributed by atoms with Crippen LogP contribution in [0, 0.1) is 5.92 Å². The van der Waals surface area contributed by atoms with Gasteiger partial charge in [0, 0.05) is 6.54 Å². The van der Waals surface area contributed by atoms with Gasteiger partial charge in [-0.15, -0.1) is 0 Å². The number of amides is 1. The van der Waals surface area contributed by atoms with Crippen molar-refractivity contribution in [2.75, 3.05) is 25.9 Å². The Hall–Kier alpha value is -2.47. The highest BCUT2D eigenvalue weighted by Crippen LogP contribution is 2.50. The van der Waals surface area contributed by atoms with Gasteiger partial charge >= 0.3 is 13.6 Å². The van der Waals surface area contributed by atoms with Crippen molar-refractivity contribution in [3.05, 3.63) is 71.8 Å². The monoisotopic (exact) mass is 461 g/mol. The van der Waals surface area contributed by atoms with Crippen LogP contribution in [0.2, 0.25) is 0 Å². The molecule has 8 heteroatoms. The van der Waals surface area contributed by atoms with E-state index in [9.17, 15) is 14.2 Å². The van der Waals surface area contributed by atoms with Crippen LogP contribution in [0.4, 0.5) is 0 Å². The Balaban J connectivity index is 1.93. The fourth-order valence-corrected chi connectivity index (χ4v) is 5.09. The normalized spacial score (nSPS) is 12.2.